The molecule has 0 fully saturated rings. The van der Waals surface area contributed by atoms with Crippen LogP contribution in [0.4, 0.5) is 4.39 Å². The molecule has 0 N–H and O–H groups in total. The van der Waals surface area contributed by atoms with E-state index < -0.39 is 24.0 Å². The van der Waals surface area contributed by atoms with Gasteiger partial charge in [0.1, 0.15) is 0 Å². The summed E-state index contributed by atoms with van der Waals surface area (Å²) in [5.41, 5.74) is 1.56. The van der Waals surface area contributed by atoms with E-state index in [0.29, 0.717) is 11.1 Å². The SMILES string of the molecule is Cc1cccc(C)c1C(=O)C(F)C(=O)OC(C)C. The van der Waals surface area contributed by atoms with E-state index in [9.17, 15) is 14.0 Å². The summed E-state index contributed by atoms with van der Waals surface area (Å²) < 4.78 is 18.5. The lowest BCUT2D eigenvalue weighted by molar-refractivity contribution is -0.151. The van der Waals surface area contributed by atoms with E-state index >= 15 is 0 Å². The van der Waals surface area contributed by atoms with Gasteiger partial charge in [0.2, 0.25) is 5.78 Å². The Kier molecular flexibility index (Phi) is 4.59. The summed E-state index contributed by atoms with van der Waals surface area (Å²) in [4.78, 5) is 23.3. The molecule has 0 amide bonds. The molecule has 18 heavy (non-hydrogen) atoms. The Hall–Kier alpha value is -1.71. The van der Waals surface area contributed by atoms with Crippen LogP contribution in [0.25, 0.3) is 0 Å². The van der Waals surface area contributed by atoms with Crippen LogP contribution in [0.2, 0.25) is 0 Å². The fourth-order valence-corrected chi connectivity index (χ4v) is 1.73. The summed E-state index contributed by atoms with van der Waals surface area (Å²) >= 11 is 0. The normalized spacial score (nSPS) is 12.3. The number of halogens is 1. The molecule has 1 aromatic rings. The van der Waals surface area contributed by atoms with Gasteiger partial charge in [-0.15, -0.1) is 0 Å². The molecule has 1 unspecified atom stereocenters. The van der Waals surface area contributed by atoms with Gasteiger partial charge in [0.25, 0.3) is 6.17 Å². The van der Waals surface area contributed by atoms with E-state index in [-0.39, 0.29) is 5.56 Å². The zero-order valence-electron chi connectivity index (χ0n) is 11.0. The number of benzene rings is 1. The first-order chi connectivity index (χ1) is 8.34. The number of carbonyl (C=O) groups is 2. The predicted octanol–water partition coefficient (Wildman–Crippen LogP) is 2.78. The first-order valence-corrected chi connectivity index (χ1v) is 5.79. The topological polar surface area (TPSA) is 43.4 Å². The third-order valence-electron chi connectivity index (χ3n) is 2.52. The van der Waals surface area contributed by atoms with Crippen molar-refractivity contribution in [1.82, 2.24) is 0 Å². The Labute approximate surface area is 106 Å². The van der Waals surface area contributed by atoms with Crippen LogP contribution < -0.4 is 0 Å². The first-order valence-electron chi connectivity index (χ1n) is 5.79. The number of hydrogen-bond donors (Lipinski definition) is 0. The lowest BCUT2D eigenvalue weighted by atomic mass is 9.97. The van der Waals surface area contributed by atoms with Crippen LogP contribution in [0, 0.1) is 13.8 Å². The molecule has 0 radical (unpaired) electrons. The molecule has 0 aliphatic rings. The standard InChI is InChI=1S/C14H17FO3/c1-8(2)18-14(17)12(15)13(16)11-9(3)6-5-7-10(11)4/h5-8,12H,1-4H3. The molecule has 1 atom stereocenters. The third-order valence-corrected chi connectivity index (χ3v) is 2.52. The van der Waals surface area contributed by atoms with Crippen LogP contribution in [-0.4, -0.2) is 24.0 Å². The number of hydrogen-bond acceptors (Lipinski definition) is 3. The van der Waals surface area contributed by atoms with E-state index in [1.807, 2.05) is 0 Å². The van der Waals surface area contributed by atoms with Gasteiger partial charge in [0.15, 0.2) is 0 Å². The minimum Gasteiger partial charge on any atom is -0.460 e. The molecule has 0 saturated heterocycles. The molecule has 0 saturated carbocycles. The Morgan fingerprint density at radius 1 is 1.17 bits per heavy atom. The smallest absolute Gasteiger partial charge is 0.349 e. The monoisotopic (exact) mass is 252 g/mol. The number of ketones is 1. The van der Waals surface area contributed by atoms with E-state index in [0.717, 1.165) is 0 Å². The zero-order chi connectivity index (χ0) is 13.9. The number of rotatable bonds is 4. The minimum atomic E-state index is -2.26. The number of carbonyl (C=O) groups excluding carboxylic acids is 2. The van der Waals surface area contributed by atoms with Gasteiger partial charge in [-0.3, -0.25) is 4.79 Å². The van der Waals surface area contributed by atoms with Crippen molar-refractivity contribution in [3.8, 4) is 0 Å². The maximum Gasteiger partial charge on any atom is 0.349 e. The largest absolute Gasteiger partial charge is 0.460 e. The van der Waals surface area contributed by atoms with Crippen molar-refractivity contribution in [3.05, 3.63) is 34.9 Å². The molecule has 4 heteroatoms. The van der Waals surface area contributed by atoms with Crippen molar-refractivity contribution < 1.29 is 18.7 Å². The summed E-state index contributed by atoms with van der Waals surface area (Å²) in [7, 11) is 0. The molecule has 0 bridgehead atoms. The van der Waals surface area contributed by atoms with Crippen LogP contribution >= 0.6 is 0 Å². The summed E-state index contributed by atoms with van der Waals surface area (Å²) in [6, 6.07) is 5.20. The molecule has 3 nitrogen and oxygen atoms in total. The molecular formula is C14H17FO3. The molecule has 98 valence electrons. The number of aryl methyl sites for hydroxylation is 2. The van der Waals surface area contributed by atoms with Gasteiger partial charge in [0.05, 0.1) is 6.10 Å². The predicted molar refractivity (Wildman–Crippen MR) is 66.4 cm³/mol. The van der Waals surface area contributed by atoms with Crippen molar-refractivity contribution in [2.45, 2.75) is 40.0 Å². The van der Waals surface area contributed by atoms with Gasteiger partial charge in [-0.1, -0.05) is 18.2 Å². The Balaban J connectivity index is 2.97. The van der Waals surface area contributed by atoms with Crippen LogP contribution in [0.1, 0.15) is 35.3 Å². The van der Waals surface area contributed by atoms with E-state index in [1.165, 1.54) is 0 Å². The maximum atomic E-state index is 13.8. The highest BCUT2D eigenvalue weighted by Crippen LogP contribution is 2.17. The van der Waals surface area contributed by atoms with Gasteiger partial charge in [-0.2, -0.15) is 0 Å². The minimum absolute atomic E-state index is 0.255. The second-order valence-electron chi connectivity index (χ2n) is 4.48. The zero-order valence-corrected chi connectivity index (χ0v) is 11.0. The van der Waals surface area contributed by atoms with Gasteiger partial charge >= 0.3 is 5.97 Å². The highest BCUT2D eigenvalue weighted by molar-refractivity contribution is 6.12. The summed E-state index contributed by atoms with van der Waals surface area (Å²) in [5, 5.41) is 0. The summed E-state index contributed by atoms with van der Waals surface area (Å²) in [5.74, 6) is -1.96. The fraction of sp³-hybridized carbons (Fsp3) is 0.429. The Morgan fingerprint density at radius 3 is 2.11 bits per heavy atom. The summed E-state index contributed by atoms with van der Waals surface area (Å²) in [6.45, 7) is 6.63. The molecule has 1 aromatic carbocycles. The molecular weight excluding hydrogens is 235 g/mol. The second kappa shape index (κ2) is 5.76. The number of ether oxygens (including phenoxy) is 1. The lowest BCUT2D eigenvalue weighted by Gasteiger charge is -2.13. The fourth-order valence-electron chi connectivity index (χ4n) is 1.73. The molecule has 0 aliphatic heterocycles. The third kappa shape index (κ3) is 3.15. The van der Waals surface area contributed by atoms with Crippen molar-refractivity contribution in [2.24, 2.45) is 0 Å². The molecule has 0 aromatic heterocycles. The average Bonchev–Trinajstić information content (AvgIpc) is 2.26. The quantitative estimate of drug-likeness (QED) is 0.470. The molecule has 0 aliphatic carbocycles. The lowest BCUT2D eigenvalue weighted by Crippen LogP contribution is -2.30. The van der Waals surface area contributed by atoms with Crippen molar-refractivity contribution >= 4 is 11.8 Å². The highest BCUT2D eigenvalue weighted by atomic mass is 19.1. The molecule has 1 rings (SSSR count). The van der Waals surface area contributed by atoms with Crippen molar-refractivity contribution in [1.29, 1.82) is 0 Å². The molecule has 0 heterocycles. The van der Waals surface area contributed by atoms with Gasteiger partial charge in [-0.05, 0) is 38.8 Å². The average molecular weight is 252 g/mol. The van der Waals surface area contributed by atoms with Crippen molar-refractivity contribution in [3.63, 3.8) is 0 Å². The van der Waals surface area contributed by atoms with Gasteiger partial charge in [0, 0.05) is 5.56 Å². The highest BCUT2D eigenvalue weighted by Gasteiger charge is 2.31. The second-order valence-corrected chi connectivity index (χ2v) is 4.48. The van der Waals surface area contributed by atoms with Crippen LogP contribution in [0.3, 0.4) is 0 Å². The Bertz CT molecular complexity index is 446. The maximum absolute atomic E-state index is 13.8. The van der Waals surface area contributed by atoms with E-state index in [2.05, 4.69) is 0 Å². The van der Waals surface area contributed by atoms with E-state index in [1.54, 1.807) is 45.9 Å². The van der Waals surface area contributed by atoms with E-state index in [4.69, 9.17) is 4.74 Å². The summed E-state index contributed by atoms with van der Waals surface area (Å²) in [6.07, 6.45) is -2.70. The number of Topliss-reactive ketones (excluding diaryl/α,β-unsaturated/α-hetero) is 1. The van der Waals surface area contributed by atoms with Gasteiger partial charge < -0.3 is 4.74 Å². The van der Waals surface area contributed by atoms with Crippen LogP contribution in [-0.2, 0) is 9.53 Å². The Morgan fingerprint density at radius 2 is 1.67 bits per heavy atom. The first kappa shape index (κ1) is 14.4. The van der Waals surface area contributed by atoms with Gasteiger partial charge in [-0.25, -0.2) is 9.18 Å². The number of esters is 1. The van der Waals surface area contributed by atoms with Crippen LogP contribution in [0.5, 0.6) is 0 Å². The van der Waals surface area contributed by atoms with Crippen molar-refractivity contribution in [2.75, 3.05) is 0 Å². The number of alkyl halides is 1. The molecule has 0 spiro atoms. The van der Waals surface area contributed by atoms with Crippen LogP contribution in [0.15, 0.2) is 18.2 Å².